The predicted molar refractivity (Wildman–Crippen MR) is 99.7 cm³/mol. The first kappa shape index (κ1) is 16.7. The summed E-state index contributed by atoms with van der Waals surface area (Å²) >= 11 is 0. The van der Waals surface area contributed by atoms with Crippen LogP contribution < -0.4 is 10.9 Å². The molecule has 1 aromatic carbocycles. The minimum Gasteiger partial charge on any atom is -0.377 e. The molecule has 2 unspecified atom stereocenters. The maximum absolute atomic E-state index is 13.1. The van der Waals surface area contributed by atoms with Gasteiger partial charge < -0.3 is 10.1 Å². The molecule has 1 saturated heterocycles. The van der Waals surface area contributed by atoms with Crippen LogP contribution in [0.2, 0.25) is 0 Å². The number of aryl methyl sites for hydroxylation is 2. The fourth-order valence-corrected chi connectivity index (χ4v) is 4.41. The lowest BCUT2D eigenvalue weighted by Gasteiger charge is -2.24. The van der Waals surface area contributed by atoms with Gasteiger partial charge in [-0.3, -0.25) is 9.59 Å². The minimum atomic E-state index is -0.426. The summed E-state index contributed by atoms with van der Waals surface area (Å²) in [6, 6.07) is 11.2. The normalized spacial score (nSPS) is 25.2. The molecule has 1 N–H and O–H groups in total. The van der Waals surface area contributed by atoms with Crippen molar-refractivity contribution < 1.29 is 9.53 Å². The van der Waals surface area contributed by atoms with Crippen molar-refractivity contribution in [2.24, 2.45) is 0 Å². The number of carbonyl (C=O) groups is 1. The Morgan fingerprint density at radius 3 is 2.78 bits per heavy atom. The summed E-state index contributed by atoms with van der Waals surface area (Å²) in [5.41, 5.74) is 2.61. The maximum Gasteiger partial charge on any atom is 0.267 e. The van der Waals surface area contributed by atoms with Gasteiger partial charge in [-0.2, -0.15) is 5.10 Å². The van der Waals surface area contributed by atoms with Crippen LogP contribution in [0.1, 0.15) is 42.1 Å². The Morgan fingerprint density at radius 2 is 2.00 bits per heavy atom. The SMILES string of the molecule is O=C(NC1COCC1n1nc2c(cc1=O)CCC2)C1(c2ccccc2)CC1. The number of carbonyl (C=O) groups excluding carboxylic acids is 1. The van der Waals surface area contributed by atoms with Crippen molar-refractivity contribution in [1.82, 2.24) is 15.1 Å². The van der Waals surface area contributed by atoms with Gasteiger partial charge >= 0.3 is 0 Å². The third-order valence-electron chi connectivity index (χ3n) is 6.17. The lowest BCUT2D eigenvalue weighted by Crippen LogP contribution is -2.47. The molecule has 27 heavy (non-hydrogen) atoms. The lowest BCUT2D eigenvalue weighted by atomic mass is 9.94. The van der Waals surface area contributed by atoms with Crippen LogP contribution in [-0.4, -0.2) is 34.9 Å². The zero-order valence-corrected chi connectivity index (χ0v) is 15.2. The van der Waals surface area contributed by atoms with E-state index in [0.29, 0.717) is 13.2 Å². The molecule has 6 nitrogen and oxygen atoms in total. The van der Waals surface area contributed by atoms with E-state index in [-0.39, 0.29) is 23.6 Å². The van der Waals surface area contributed by atoms with E-state index in [1.807, 2.05) is 30.3 Å². The zero-order chi connectivity index (χ0) is 18.4. The number of hydrogen-bond acceptors (Lipinski definition) is 4. The number of amides is 1. The molecule has 6 heteroatoms. The summed E-state index contributed by atoms with van der Waals surface area (Å²) in [5.74, 6) is 0.0309. The molecule has 2 aromatic rings. The molecule has 1 amide bonds. The zero-order valence-electron chi connectivity index (χ0n) is 15.2. The number of fused-ring (bicyclic) bond motifs is 1. The molecule has 0 spiro atoms. The van der Waals surface area contributed by atoms with E-state index in [1.54, 1.807) is 6.07 Å². The highest BCUT2D eigenvalue weighted by Crippen LogP contribution is 2.48. The molecule has 1 aliphatic heterocycles. The Morgan fingerprint density at radius 1 is 1.19 bits per heavy atom. The van der Waals surface area contributed by atoms with E-state index < -0.39 is 5.41 Å². The highest BCUT2D eigenvalue weighted by atomic mass is 16.5. The first-order valence-corrected chi connectivity index (χ1v) is 9.73. The Bertz CT molecular complexity index is 933. The molecule has 1 saturated carbocycles. The van der Waals surface area contributed by atoms with E-state index in [2.05, 4.69) is 10.4 Å². The van der Waals surface area contributed by atoms with Crippen LogP contribution >= 0.6 is 0 Å². The average molecular weight is 365 g/mol. The second kappa shape index (κ2) is 6.30. The van der Waals surface area contributed by atoms with Crippen molar-refractivity contribution in [1.29, 1.82) is 0 Å². The fraction of sp³-hybridized carbons (Fsp3) is 0.476. The molecule has 2 heterocycles. The highest BCUT2D eigenvalue weighted by molar-refractivity contribution is 5.91. The lowest BCUT2D eigenvalue weighted by molar-refractivity contribution is -0.124. The summed E-state index contributed by atoms with van der Waals surface area (Å²) < 4.78 is 7.16. The van der Waals surface area contributed by atoms with E-state index in [9.17, 15) is 9.59 Å². The molecule has 2 aliphatic carbocycles. The van der Waals surface area contributed by atoms with Gasteiger partial charge in [-0.05, 0) is 43.2 Å². The first-order chi connectivity index (χ1) is 13.2. The van der Waals surface area contributed by atoms with E-state index >= 15 is 0 Å². The summed E-state index contributed by atoms with van der Waals surface area (Å²) in [4.78, 5) is 25.6. The topological polar surface area (TPSA) is 73.2 Å². The van der Waals surface area contributed by atoms with Crippen LogP contribution in [-0.2, 0) is 27.8 Å². The molecule has 0 bridgehead atoms. The van der Waals surface area contributed by atoms with Crippen molar-refractivity contribution in [3.8, 4) is 0 Å². The Balaban J connectivity index is 1.38. The molecule has 1 aromatic heterocycles. The molecular formula is C21H23N3O3. The largest absolute Gasteiger partial charge is 0.377 e. The van der Waals surface area contributed by atoms with Crippen molar-refractivity contribution in [3.05, 3.63) is 63.6 Å². The van der Waals surface area contributed by atoms with Gasteiger partial charge in [-0.25, -0.2) is 4.68 Å². The summed E-state index contributed by atoms with van der Waals surface area (Å²) in [6.45, 7) is 0.807. The van der Waals surface area contributed by atoms with Gasteiger partial charge in [0.1, 0.15) is 6.04 Å². The first-order valence-electron chi connectivity index (χ1n) is 9.73. The highest BCUT2D eigenvalue weighted by Gasteiger charge is 2.52. The summed E-state index contributed by atoms with van der Waals surface area (Å²) in [5, 5.41) is 7.76. The number of aromatic nitrogens is 2. The van der Waals surface area contributed by atoms with Gasteiger partial charge in [0.05, 0.1) is 30.4 Å². The van der Waals surface area contributed by atoms with Gasteiger partial charge in [-0.15, -0.1) is 0 Å². The van der Waals surface area contributed by atoms with Gasteiger partial charge in [0.25, 0.3) is 5.56 Å². The number of benzene rings is 1. The van der Waals surface area contributed by atoms with Crippen molar-refractivity contribution >= 4 is 5.91 Å². The Labute approximate surface area is 157 Å². The predicted octanol–water partition coefficient (Wildman–Crippen LogP) is 1.52. The number of nitrogens with zero attached hydrogens (tertiary/aromatic N) is 2. The molecule has 0 radical (unpaired) electrons. The molecule has 3 aliphatic rings. The number of hydrogen-bond donors (Lipinski definition) is 1. The number of ether oxygens (including phenoxy) is 1. The molecule has 140 valence electrons. The molecule has 5 rings (SSSR count). The maximum atomic E-state index is 13.1. The van der Waals surface area contributed by atoms with Gasteiger partial charge in [-0.1, -0.05) is 30.3 Å². The van der Waals surface area contributed by atoms with E-state index in [0.717, 1.165) is 48.9 Å². The monoisotopic (exact) mass is 365 g/mol. The third kappa shape index (κ3) is 2.79. The van der Waals surface area contributed by atoms with Crippen LogP contribution in [0.4, 0.5) is 0 Å². The molecular weight excluding hydrogens is 342 g/mol. The van der Waals surface area contributed by atoms with Gasteiger partial charge in [0.15, 0.2) is 0 Å². The average Bonchev–Trinajstić information content (AvgIpc) is 3.18. The van der Waals surface area contributed by atoms with Crippen LogP contribution in [0.5, 0.6) is 0 Å². The van der Waals surface area contributed by atoms with Crippen molar-refractivity contribution in [3.63, 3.8) is 0 Å². The van der Waals surface area contributed by atoms with Crippen LogP contribution in [0.25, 0.3) is 0 Å². The standard InChI is InChI=1S/C21H23N3O3/c25-19-11-14-5-4-8-16(14)23-24(19)18-13-27-12-17(18)22-20(26)21(9-10-21)15-6-2-1-3-7-15/h1-3,6-7,11,17-18H,4-5,8-10,12-13H2,(H,22,26). The summed E-state index contributed by atoms with van der Waals surface area (Å²) in [6.07, 6.45) is 4.61. The van der Waals surface area contributed by atoms with Crippen LogP contribution in [0.3, 0.4) is 0 Å². The smallest absolute Gasteiger partial charge is 0.267 e. The fourth-order valence-electron chi connectivity index (χ4n) is 4.41. The molecule has 2 atom stereocenters. The van der Waals surface area contributed by atoms with Crippen molar-refractivity contribution in [2.75, 3.05) is 13.2 Å². The quantitative estimate of drug-likeness (QED) is 0.892. The van der Waals surface area contributed by atoms with Gasteiger partial charge in [0, 0.05) is 6.07 Å². The molecule has 2 fully saturated rings. The second-order valence-electron chi connectivity index (χ2n) is 7.89. The second-order valence-corrected chi connectivity index (χ2v) is 7.89. The Kier molecular flexibility index (Phi) is 3.90. The number of rotatable bonds is 4. The minimum absolute atomic E-state index is 0.0309. The Hall–Kier alpha value is -2.47. The number of nitrogens with one attached hydrogen (secondary N) is 1. The van der Waals surface area contributed by atoms with E-state index in [1.165, 1.54) is 4.68 Å². The van der Waals surface area contributed by atoms with Crippen LogP contribution in [0.15, 0.2) is 41.2 Å². The summed E-state index contributed by atoms with van der Waals surface area (Å²) in [7, 11) is 0. The van der Waals surface area contributed by atoms with Gasteiger partial charge in [0.2, 0.25) is 5.91 Å². The third-order valence-corrected chi connectivity index (χ3v) is 6.17. The van der Waals surface area contributed by atoms with Crippen molar-refractivity contribution in [2.45, 2.75) is 49.6 Å². The van der Waals surface area contributed by atoms with Crippen LogP contribution in [0, 0.1) is 0 Å². The van der Waals surface area contributed by atoms with E-state index in [4.69, 9.17) is 4.74 Å².